The van der Waals surface area contributed by atoms with E-state index in [1.165, 1.54) is 0 Å². The molecule has 1 aliphatic heterocycles. The number of amides is 1. The van der Waals surface area contributed by atoms with E-state index >= 15 is 0 Å². The number of thiophene rings is 1. The second-order valence-corrected chi connectivity index (χ2v) is 10.6. The van der Waals surface area contributed by atoms with Gasteiger partial charge in [-0.25, -0.2) is 0 Å². The number of anilines is 2. The van der Waals surface area contributed by atoms with Crippen molar-refractivity contribution in [1.29, 1.82) is 0 Å². The molecule has 0 radical (unpaired) electrons. The van der Waals surface area contributed by atoms with E-state index in [9.17, 15) is 9.59 Å². The van der Waals surface area contributed by atoms with Crippen LogP contribution in [0.2, 0.25) is 0 Å². The number of ketones is 1. The Hall–Kier alpha value is -1.92. The summed E-state index contributed by atoms with van der Waals surface area (Å²) in [5.41, 5.74) is 3.26. The molecule has 1 aromatic heterocycles. The molecular formula is C22H23BrN2O2S. The highest BCUT2D eigenvalue weighted by Crippen LogP contribution is 2.49. The molecule has 0 fully saturated rings. The Balaban J connectivity index is 2.00. The zero-order valence-electron chi connectivity index (χ0n) is 16.2. The van der Waals surface area contributed by atoms with Crippen LogP contribution in [0.5, 0.6) is 0 Å². The van der Waals surface area contributed by atoms with Crippen molar-refractivity contribution in [2.24, 2.45) is 5.41 Å². The first-order valence-corrected chi connectivity index (χ1v) is 11.1. The predicted octanol–water partition coefficient (Wildman–Crippen LogP) is 6.06. The molecule has 1 N–H and O–H groups in total. The number of para-hydroxylation sites is 2. The van der Waals surface area contributed by atoms with Crippen LogP contribution in [0.1, 0.15) is 51.0 Å². The van der Waals surface area contributed by atoms with E-state index in [4.69, 9.17) is 0 Å². The maximum atomic E-state index is 13.4. The zero-order chi connectivity index (χ0) is 20.1. The summed E-state index contributed by atoms with van der Waals surface area (Å²) in [6.07, 6.45) is 1.64. The minimum Gasteiger partial charge on any atom is -0.357 e. The van der Waals surface area contributed by atoms with Gasteiger partial charge >= 0.3 is 0 Å². The Labute approximate surface area is 177 Å². The van der Waals surface area contributed by atoms with Crippen LogP contribution in [0.3, 0.4) is 0 Å². The summed E-state index contributed by atoms with van der Waals surface area (Å²) in [5, 5.41) is 3.52. The van der Waals surface area contributed by atoms with Crippen molar-refractivity contribution in [3.8, 4) is 0 Å². The second kappa shape index (κ2) is 7.16. The van der Waals surface area contributed by atoms with Crippen molar-refractivity contribution < 1.29 is 9.59 Å². The highest BCUT2D eigenvalue weighted by molar-refractivity contribution is 9.11. The third-order valence-corrected chi connectivity index (χ3v) is 7.01. The summed E-state index contributed by atoms with van der Waals surface area (Å²) < 4.78 is 0.989. The van der Waals surface area contributed by atoms with Gasteiger partial charge in [-0.15, -0.1) is 11.3 Å². The third kappa shape index (κ3) is 3.33. The van der Waals surface area contributed by atoms with Gasteiger partial charge in [0.05, 0.1) is 15.2 Å². The van der Waals surface area contributed by atoms with Gasteiger partial charge in [0.2, 0.25) is 5.91 Å². The van der Waals surface area contributed by atoms with E-state index in [0.29, 0.717) is 12.8 Å². The van der Waals surface area contributed by atoms with Crippen LogP contribution in [-0.2, 0) is 9.59 Å². The second-order valence-electron chi connectivity index (χ2n) is 8.14. The Bertz CT molecular complexity index is 992. The molecule has 28 heavy (non-hydrogen) atoms. The molecule has 2 heterocycles. The first-order valence-electron chi connectivity index (χ1n) is 9.50. The number of hydrogen-bond donors (Lipinski definition) is 1. The van der Waals surface area contributed by atoms with Crippen LogP contribution in [0.25, 0.3) is 0 Å². The standard InChI is InChI=1S/C22H23BrN2O2S/c1-4-19(27)25-15-8-6-5-7-13(15)24-14-11-22(2,3)12-16(26)20(14)21(25)17-9-10-18(23)28-17/h5-10,21,24H,4,11-12H2,1-3H3. The fourth-order valence-electron chi connectivity index (χ4n) is 4.18. The number of hydrogen-bond acceptors (Lipinski definition) is 4. The average molecular weight is 459 g/mol. The molecule has 0 saturated carbocycles. The normalized spacial score (nSPS) is 20.9. The summed E-state index contributed by atoms with van der Waals surface area (Å²) in [4.78, 5) is 29.3. The molecule has 0 saturated heterocycles. The van der Waals surface area contributed by atoms with E-state index in [1.54, 1.807) is 11.3 Å². The number of benzene rings is 1. The van der Waals surface area contributed by atoms with Gasteiger partial charge in [-0.05, 0) is 52.0 Å². The highest BCUT2D eigenvalue weighted by Gasteiger charge is 2.43. The average Bonchev–Trinajstić information content (AvgIpc) is 2.99. The number of rotatable bonds is 2. The summed E-state index contributed by atoms with van der Waals surface area (Å²) in [6.45, 7) is 6.11. The summed E-state index contributed by atoms with van der Waals surface area (Å²) in [6, 6.07) is 11.4. The maximum Gasteiger partial charge on any atom is 0.227 e. The smallest absolute Gasteiger partial charge is 0.227 e. The number of allylic oxidation sites excluding steroid dienone is 1. The maximum absolute atomic E-state index is 13.4. The molecule has 4 nitrogen and oxygen atoms in total. The van der Waals surface area contributed by atoms with Crippen LogP contribution in [0.15, 0.2) is 51.5 Å². The fourth-order valence-corrected chi connectivity index (χ4v) is 5.70. The topological polar surface area (TPSA) is 49.4 Å². The number of Topliss-reactive ketones (excluding diaryl/α,β-unsaturated/α-hetero) is 1. The van der Waals surface area contributed by atoms with Crippen molar-refractivity contribution in [1.82, 2.24) is 0 Å². The number of carbonyl (C=O) groups is 2. The van der Waals surface area contributed by atoms with E-state index in [1.807, 2.05) is 48.2 Å². The number of fused-ring (bicyclic) bond motifs is 1. The SMILES string of the molecule is CCC(=O)N1c2ccccc2NC2=C(C(=O)CC(C)(C)C2)C1c1ccc(Br)s1. The van der Waals surface area contributed by atoms with Crippen LogP contribution < -0.4 is 10.2 Å². The van der Waals surface area contributed by atoms with E-state index in [0.717, 1.165) is 37.7 Å². The Morgan fingerprint density at radius 3 is 2.68 bits per heavy atom. The van der Waals surface area contributed by atoms with Crippen LogP contribution in [-0.4, -0.2) is 11.7 Å². The predicted molar refractivity (Wildman–Crippen MR) is 118 cm³/mol. The van der Waals surface area contributed by atoms with Gasteiger partial charge in [0.25, 0.3) is 0 Å². The van der Waals surface area contributed by atoms with Gasteiger partial charge in [-0.2, -0.15) is 0 Å². The molecule has 2 aromatic rings. The molecule has 1 atom stereocenters. The monoisotopic (exact) mass is 458 g/mol. The van der Waals surface area contributed by atoms with Crippen LogP contribution in [0.4, 0.5) is 11.4 Å². The van der Waals surface area contributed by atoms with Crippen LogP contribution >= 0.6 is 27.3 Å². The van der Waals surface area contributed by atoms with E-state index < -0.39 is 6.04 Å². The molecule has 4 rings (SSSR count). The van der Waals surface area contributed by atoms with Crippen molar-refractivity contribution in [2.45, 2.75) is 46.1 Å². The molecule has 0 bridgehead atoms. The third-order valence-electron chi connectivity index (χ3n) is 5.34. The van der Waals surface area contributed by atoms with Crippen molar-refractivity contribution in [2.75, 3.05) is 10.2 Å². The molecule has 1 aromatic carbocycles. The molecule has 6 heteroatoms. The first kappa shape index (κ1) is 19.4. The number of halogens is 1. The van der Waals surface area contributed by atoms with Gasteiger partial charge < -0.3 is 5.32 Å². The number of nitrogens with one attached hydrogen (secondary N) is 1. The quantitative estimate of drug-likeness (QED) is 0.594. The number of nitrogens with zero attached hydrogens (tertiary/aromatic N) is 1. The lowest BCUT2D eigenvalue weighted by Crippen LogP contribution is -2.38. The van der Waals surface area contributed by atoms with Crippen molar-refractivity contribution in [3.05, 3.63) is 56.3 Å². The van der Waals surface area contributed by atoms with Gasteiger partial charge in [0, 0.05) is 29.0 Å². The Morgan fingerprint density at radius 1 is 1.25 bits per heavy atom. The lowest BCUT2D eigenvalue weighted by atomic mass is 9.74. The molecule has 2 aliphatic rings. The van der Waals surface area contributed by atoms with Crippen LogP contribution in [0, 0.1) is 5.41 Å². The summed E-state index contributed by atoms with van der Waals surface area (Å²) in [7, 11) is 0. The molecule has 1 aliphatic carbocycles. The number of carbonyl (C=O) groups excluding carboxylic acids is 2. The minimum absolute atomic E-state index is 0.00940. The van der Waals surface area contributed by atoms with Crippen molar-refractivity contribution >= 4 is 50.3 Å². The molecular weight excluding hydrogens is 436 g/mol. The molecule has 0 spiro atoms. The Kier molecular flexibility index (Phi) is 4.96. The van der Waals surface area contributed by atoms with Gasteiger partial charge in [0.15, 0.2) is 5.78 Å². The zero-order valence-corrected chi connectivity index (χ0v) is 18.6. The van der Waals surface area contributed by atoms with E-state index in [-0.39, 0.29) is 17.1 Å². The van der Waals surface area contributed by atoms with Gasteiger partial charge in [0.1, 0.15) is 6.04 Å². The van der Waals surface area contributed by atoms with Gasteiger partial charge in [-0.3, -0.25) is 14.5 Å². The highest BCUT2D eigenvalue weighted by atomic mass is 79.9. The largest absolute Gasteiger partial charge is 0.357 e. The Morgan fingerprint density at radius 2 is 2.00 bits per heavy atom. The van der Waals surface area contributed by atoms with Crippen molar-refractivity contribution in [3.63, 3.8) is 0 Å². The van der Waals surface area contributed by atoms with E-state index in [2.05, 4.69) is 35.1 Å². The summed E-state index contributed by atoms with van der Waals surface area (Å²) >= 11 is 5.12. The molecule has 146 valence electrons. The lowest BCUT2D eigenvalue weighted by molar-refractivity contribution is -0.119. The first-order chi connectivity index (χ1) is 13.3. The van der Waals surface area contributed by atoms with Gasteiger partial charge in [-0.1, -0.05) is 32.9 Å². The summed E-state index contributed by atoms with van der Waals surface area (Å²) in [5.74, 6) is 0.130. The lowest BCUT2D eigenvalue weighted by Gasteiger charge is -2.36. The minimum atomic E-state index is -0.404. The fraction of sp³-hybridized carbons (Fsp3) is 0.364. The molecule has 1 unspecified atom stereocenters. The molecule has 1 amide bonds.